The molecular weight excluding hydrogens is 282 g/mol. The summed E-state index contributed by atoms with van der Waals surface area (Å²) in [7, 11) is 0. The number of hydrogen-bond donors (Lipinski definition) is 2. The fourth-order valence-electron chi connectivity index (χ4n) is 1.85. The molecule has 20 heavy (non-hydrogen) atoms. The van der Waals surface area contributed by atoms with E-state index in [1.807, 2.05) is 0 Å². The van der Waals surface area contributed by atoms with Gasteiger partial charge in [0.05, 0.1) is 0 Å². The summed E-state index contributed by atoms with van der Waals surface area (Å²) in [4.78, 5) is 11.4. The van der Waals surface area contributed by atoms with E-state index in [1.165, 1.54) is 12.1 Å². The topological polar surface area (TPSA) is 60.8 Å². The van der Waals surface area contributed by atoms with Crippen LogP contribution in [-0.4, -0.2) is 33.2 Å². The van der Waals surface area contributed by atoms with Crippen LogP contribution in [0.15, 0.2) is 30.3 Å². The highest BCUT2D eigenvalue weighted by Gasteiger charge is 2.61. The van der Waals surface area contributed by atoms with Gasteiger partial charge in [-0.3, -0.25) is 10.0 Å². The molecule has 4 nitrogen and oxygen atoms in total. The number of hydrogen-bond acceptors (Lipinski definition) is 3. The number of carbonyl (C=O) groups is 1. The second-order valence-electron chi connectivity index (χ2n) is 4.32. The van der Waals surface area contributed by atoms with Crippen molar-refractivity contribution >= 4 is 11.5 Å². The van der Waals surface area contributed by atoms with Gasteiger partial charge in [-0.1, -0.05) is 12.1 Å². The van der Waals surface area contributed by atoms with Gasteiger partial charge >= 0.3 is 6.18 Å². The lowest BCUT2D eigenvalue weighted by Gasteiger charge is -2.39. The molecule has 1 unspecified atom stereocenters. The summed E-state index contributed by atoms with van der Waals surface area (Å²) in [6, 6.07) is 4.38. The zero-order valence-electron chi connectivity index (χ0n) is 9.86. The molecule has 0 saturated carbocycles. The smallest absolute Gasteiger partial charge is 0.362 e. The second-order valence-corrected chi connectivity index (χ2v) is 4.32. The number of aliphatic hydroxyl groups is 1. The summed E-state index contributed by atoms with van der Waals surface area (Å²) in [6.07, 6.45) is -5.53. The van der Waals surface area contributed by atoms with Crippen LogP contribution in [0, 0.1) is 5.82 Å². The minimum atomic E-state index is -5.24. The number of hydroxylamine groups is 2. The number of halogens is 4. The summed E-state index contributed by atoms with van der Waals surface area (Å²) in [5, 5.41) is 17.9. The first kappa shape index (κ1) is 14.5. The average Bonchev–Trinajstić information content (AvgIpc) is 2.35. The van der Waals surface area contributed by atoms with Gasteiger partial charge in [0.2, 0.25) is 0 Å². The lowest BCUT2D eigenvalue weighted by atomic mass is 9.92. The summed E-state index contributed by atoms with van der Waals surface area (Å²) in [6.45, 7) is 0. The Hall–Kier alpha value is -1.93. The van der Waals surface area contributed by atoms with Crippen molar-refractivity contribution in [2.24, 2.45) is 0 Å². The van der Waals surface area contributed by atoms with Gasteiger partial charge in [0.25, 0.3) is 11.6 Å². The largest absolute Gasteiger partial charge is 0.439 e. The molecule has 8 heteroatoms. The Morgan fingerprint density at radius 3 is 2.25 bits per heavy atom. The Bertz CT molecular complexity index is 567. The predicted octanol–water partition coefficient (Wildman–Crippen LogP) is 2.08. The normalized spacial score (nSPS) is 23.8. The number of benzene rings is 1. The number of alkyl halides is 3. The lowest BCUT2D eigenvalue weighted by molar-refractivity contribution is -0.362. The molecule has 1 heterocycles. The van der Waals surface area contributed by atoms with Crippen LogP contribution in [0.2, 0.25) is 0 Å². The van der Waals surface area contributed by atoms with Crippen molar-refractivity contribution in [3.8, 4) is 0 Å². The molecule has 0 saturated heterocycles. The third-order valence-electron chi connectivity index (χ3n) is 2.96. The van der Waals surface area contributed by atoms with Crippen molar-refractivity contribution in [2.45, 2.75) is 18.3 Å². The molecule has 0 aromatic heterocycles. The Morgan fingerprint density at radius 2 is 1.75 bits per heavy atom. The number of nitrogens with zero attached hydrogens (tertiary/aromatic N) is 1. The van der Waals surface area contributed by atoms with Crippen LogP contribution >= 0.6 is 0 Å². The van der Waals surface area contributed by atoms with E-state index in [1.54, 1.807) is 0 Å². The SMILES string of the molecule is O=C1C=C(c2ccc(F)cc2)CC(O)(C(F)(F)F)N1O. The van der Waals surface area contributed by atoms with Crippen LogP contribution in [0.25, 0.3) is 5.57 Å². The average molecular weight is 291 g/mol. The highest BCUT2D eigenvalue weighted by atomic mass is 19.4. The maximum atomic E-state index is 12.8. The van der Waals surface area contributed by atoms with E-state index < -0.39 is 35.1 Å². The standard InChI is InChI=1S/C12H9F4NO3/c13-9-3-1-7(2-4-9)8-5-10(18)17(20)11(19,6-8)12(14,15)16/h1-5,19-20H,6H2. The first-order valence-corrected chi connectivity index (χ1v) is 5.44. The van der Waals surface area contributed by atoms with Crippen LogP contribution in [0.1, 0.15) is 12.0 Å². The van der Waals surface area contributed by atoms with Gasteiger partial charge < -0.3 is 5.11 Å². The zero-order valence-corrected chi connectivity index (χ0v) is 9.86. The molecule has 1 aliphatic heterocycles. The summed E-state index contributed by atoms with van der Waals surface area (Å²) in [5.41, 5.74) is -3.71. The van der Waals surface area contributed by atoms with Crippen LogP contribution in [0.5, 0.6) is 0 Å². The van der Waals surface area contributed by atoms with Crippen LogP contribution in [-0.2, 0) is 4.79 Å². The highest BCUT2D eigenvalue weighted by Crippen LogP contribution is 2.42. The van der Waals surface area contributed by atoms with Crippen molar-refractivity contribution in [3.05, 3.63) is 41.7 Å². The maximum Gasteiger partial charge on any atom is 0.439 e. The van der Waals surface area contributed by atoms with Crippen LogP contribution in [0.3, 0.4) is 0 Å². The van der Waals surface area contributed by atoms with Crippen molar-refractivity contribution < 1.29 is 32.7 Å². The van der Waals surface area contributed by atoms with E-state index in [2.05, 4.69) is 0 Å². The number of amides is 1. The van der Waals surface area contributed by atoms with Crippen molar-refractivity contribution in [1.82, 2.24) is 5.06 Å². The molecule has 1 aromatic carbocycles. The monoisotopic (exact) mass is 291 g/mol. The molecule has 1 atom stereocenters. The molecule has 0 bridgehead atoms. The molecule has 1 amide bonds. The molecule has 1 aromatic rings. The highest BCUT2D eigenvalue weighted by molar-refractivity contribution is 5.97. The lowest BCUT2D eigenvalue weighted by Crippen LogP contribution is -2.61. The van der Waals surface area contributed by atoms with Crippen molar-refractivity contribution in [1.29, 1.82) is 0 Å². The van der Waals surface area contributed by atoms with Crippen LogP contribution in [0.4, 0.5) is 17.6 Å². The third kappa shape index (κ3) is 2.27. The minimum Gasteiger partial charge on any atom is -0.362 e. The molecule has 0 radical (unpaired) electrons. The van der Waals surface area contributed by atoms with E-state index in [4.69, 9.17) is 5.21 Å². The van der Waals surface area contributed by atoms with Crippen LogP contribution < -0.4 is 0 Å². The Kier molecular flexibility index (Phi) is 3.31. The maximum absolute atomic E-state index is 12.8. The quantitative estimate of drug-likeness (QED) is 0.615. The predicted molar refractivity (Wildman–Crippen MR) is 58.6 cm³/mol. The molecule has 108 valence electrons. The first-order valence-electron chi connectivity index (χ1n) is 5.44. The Morgan fingerprint density at radius 1 is 1.20 bits per heavy atom. The van der Waals surface area contributed by atoms with E-state index in [0.29, 0.717) is 0 Å². The molecule has 1 aliphatic rings. The molecule has 0 aliphatic carbocycles. The van der Waals surface area contributed by atoms with Gasteiger partial charge in [0.15, 0.2) is 0 Å². The van der Waals surface area contributed by atoms with Gasteiger partial charge in [0, 0.05) is 12.5 Å². The van der Waals surface area contributed by atoms with Gasteiger partial charge in [-0.05, 0) is 23.3 Å². The van der Waals surface area contributed by atoms with Crippen molar-refractivity contribution in [2.75, 3.05) is 0 Å². The van der Waals surface area contributed by atoms with E-state index in [0.717, 1.165) is 18.2 Å². The molecule has 2 N–H and O–H groups in total. The number of carbonyl (C=O) groups excluding carboxylic acids is 1. The third-order valence-corrected chi connectivity index (χ3v) is 2.96. The van der Waals surface area contributed by atoms with E-state index >= 15 is 0 Å². The number of rotatable bonds is 1. The Labute approximate surface area is 110 Å². The minimum absolute atomic E-state index is 0.149. The Balaban J connectivity index is 2.45. The van der Waals surface area contributed by atoms with Gasteiger partial charge in [0.1, 0.15) is 5.82 Å². The molecule has 0 spiro atoms. The first-order chi connectivity index (χ1) is 9.15. The van der Waals surface area contributed by atoms with E-state index in [-0.39, 0.29) is 11.1 Å². The van der Waals surface area contributed by atoms with Gasteiger partial charge in [-0.15, -0.1) is 0 Å². The zero-order chi connectivity index (χ0) is 15.1. The summed E-state index contributed by atoms with van der Waals surface area (Å²) in [5.74, 6) is -2.00. The van der Waals surface area contributed by atoms with Crippen molar-refractivity contribution in [3.63, 3.8) is 0 Å². The van der Waals surface area contributed by atoms with E-state index in [9.17, 15) is 27.5 Å². The summed E-state index contributed by atoms with van der Waals surface area (Å²) >= 11 is 0. The second kappa shape index (κ2) is 4.57. The molecule has 0 fully saturated rings. The molecule has 2 rings (SSSR count). The fraction of sp³-hybridized carbons (Fsp3) is 0.250. The van der Waals surface area contributed by atoms with Gasteiger partial charge in [-0.25, -0.2) is 4.39 Å². The summed E-state index contributed by atoms with van der Waals surface area (Å²) < 4.78 is 51.2. The molecular formula is C12H9F4NO3. The van der Waals surface area contributed by atoms with Gasteiger partial charge in [-0.2, -0.15) is 18.2 Å². The fourth-order valence-corrected chi connectivity index (χ4v) is 1.85.